The molecule has 1 unspecified atom stereocenters. The molecule has 0 aliphatic rings. The Balaban J connectivity index is 5.35. The first-order valence-corrected chi connectivity index (χ1v) is 6.98. The molecule has 4 nitrogen and oxygen atoms in total. The van der Waals surface area contributed by atoms with E-state index < -0.39 is 5.54 Å². The predicted octanol–water partition coefficient (Wildman–Crippen LogP) is 1.67. The van der Waals surface area contributed by atoms with Crippen molar-refractivity contribution in [2.24, 2.45) is 0 Å². The summed E-state index contributed by atoms with van der Waals surface area (Å²) < 4.78 is 0. The molecule has 0 bridgehead atoms. The maximum Gasteiger partial charge on any atom is 0.221 e. The van der Waals surface area contributed by atoms with Gasteiger partial charge in [0.2, 0.25) is 12.3 Å². The average molecular weight is 258 g/mol. The van der Waals surface area contributed by atoms with Crippen LogP contribution in [0.1, 0.15) is 34.1 Å². The van der Waals surface area contributed by atoms with Crippen LogP contribution < -0.4 is 10.6 Å². The van der Waals surface area contributed by atoms with Gasteiger partial charge < -0.3 is 10.6 Å². The third-order valence-electron chi connectivity index (χ3n) is 2.62. The first-order chi connectivity index (χ1) is 7.91. The van der Waals surface area contributed by atoms with Crippen molar-refractivity contribution in [2.75, 3.05) is 12.0 Å². The minimum Gasteiger partial charge on any atom is -0.347 e. The zero-order valence-electron chi connectivity index (χ0n) is 11.2. The van der Waals surface area contributed by atoms with Gasteiger partial charge in [-0.2, -0.15) is 11.8 Å². The molecule has 0 aromatic carbocycles. The molecule has 0 aromatic heterocycles. The van der Waals surface area contributed by atoms with E-state index in [-0.39, 0.29) is 5.91 Å². The molecule has 0 aliphatic heterocycles. The molecule has 0 saturated carbocycles. The number of amides is 2. The number of carbonyl (C=O) groups is 2. The molecule has 2 amide bonds. The van der Waals surface area contributed by atoms with Gasteiger partial charge in [0.15, 0.2) is 0 Å². The largest absolute Gasteiger partial charge is 0.347 e. The molecule has 0 spiro atoms. The molecule has 2 N–H and O–H groups in total. The lowest BCUT2D eigenvalue weighted by Crippen LogP contribution is -2.51. The standard InChI is InChI=1S/C12H22N2O2S/c1-6-9(2)11(14-10(3)16)12(4,7-17-5)13-8-15/h8H,6-7H2,1-5H3,(H,13,15)(H,14,16)/b11-9+. The van der Waals surface area contributed by atoms with Crippen molar-refractivity contribution >= 4 is 24.1 Å². The second-order valence-corrected chi connectivity index (χ2v) is 5.08. The number of allylic oxidation sites excluding steroid dienone is 1. The maximum atomic E-state index is 11.3. The summed E-state index contributed by atoms with van der Waals surface area (Å²) in [6, 6.07) is 0. The van der Waals surface area contributed by atoms with Crippen molar-refractivity contribution in [2.45, 2.75) is 39.7 Å². The molecule has 1 atom stereocenters. The first kappa shape index (κ1) is 16.0. The van der Waals surface area contributed by atoms with Crippen LogP contribution >= 0.6 is 11.8 Å². The third kappa shape index (κ3) is 4.81. The molecule has 0 rings (SSSR count). The van der Waals surface area contributed by atoms with Gasteiger partial charge in [0.1, 0.15) is 0 Å². The van der Waals surface area contributed by atoms with Crippen molar-refractivity contribution in [3.8, 4) is 0 Å². The van der Waals surface area contributed by atoms with Crippen LogP contribution in [0.3, 0.4) is 0 Å². The van der Waals surface area contributed by atoms with Gasteiger partial charge in [-0.15, -0.1) is 0 Å². The Hall–Kier alpha value is -0.970. The van der Waals surface area contributed by atoms with Crippen LogP contribution in [0.15, 0.2) is 11.3 Å². The van der Waals surface area contributed by atoms with E-state index in [0.29, 0.717) is 12.2 Å². The summed E-state index contributed by atoms with van der Waals surface area (Å²) in [5.41, 5.74) is 1.34. The molecular formula is C12H22N2O2S. The van der Waals surface area contributed by atoms with Crippen molar-refractivity contribution in [3.63, 3.8) is 0 Å². The Labute approximate surface area is 108 Å². The molecule has 0 saturated heterocycles. The van der Waals surface area contributed by atoms with E-state index in [1.807, 2.05) is 27.0 Å². The van der Waals surface area contributed by atoms with Crippen LogP contribution in [-0.2, 0) is 9.59 Å². The predicted molar refractivity (Wildman–Crippen MR) is 72.8 cm³/mol. The van der Waals surface area contributed by atoms with E-state index in [9.17, 15) is 9.59 Å². The summed E-state index contributed by atoms with van der Waals surface area (Å²) in [5, 5.41) is 5.65. The van der Waals surface area contributed by atoms with E-state index in [1.165, 1.54) is 6.92 Å². The van der Waals surface area contributed by atoms with Gasteiger partial charge in [0.25, 0.3) is 0 Å². The highest BCUT2D eigenvalue weighted by Crippen LogP contribution is 2.23. The Bertz CT molecular complexity index is 316. The summed E-state index contributed by atoms with van der Waals surface area (Å²) in [5.74, 6) is 0.589. The fourth-order valence-electron chi connectivity index (χ4n) is 1.67. The molecular weight excluding hydrogens is 236 g/mol. The zero-order chi connectivity index (χ0) is 13.5. The highest BCUT2D eigenvalue weighted by molar-refractivity contribution is 7.98. The number of nitrogens with one attached hydrogen (secondary N) is 2. The molecule has 0 fully saturated rings. The van der Waals surface area contributed by atoms with Gasteiger partial charge in [0, 0.05) is 18.4 Å². The fraction of sp³-hybridized carbons (Fsp3) is 0.667. The van der Waals surface area contributed by atoms with Gasteiger partial charge >= 0.3 is 0 Å². The van der Waals surface area contributed by atoms with Crippen molar-refractivity contribution < 1.29 is 9.59 Å². The number of rotatable bonds is 7. The Morgan fingerprint density at radius 1 is 1.41 bits per heavy atom. The summed E-state index contributed by atoms with van der Waals surface area (Å²) >= 11 is 1.62. The Kier molecular flexibility index (Phi) is 6.95. The average Bonchev–Trinajstić information content (AvgIpc) is 2.25. The van der Waals surface area contributed by atoms with Crippen molar-refractivity contribution in [3.05, 3.63) is 11.3 Å². The van der Waals surface area contributed by atoms with E-state index >= 15 is 0 Å². The Morgan fingerprint density at radius 2 is 2.00 bits per heavy atom. The maximum absolute atomic E-state index is 11.3. The van der Waals surface area contributed by atoms with Crippen LogP contribution in [0.2, 0.25) is 0 Å². The van der Waals surface area contributed by atoms with Gasteiger partial charge in [0.05, 0.1) is 5.54 Å². The van der Waals surface area contributed by atoms with Gasteiger partial charge in [-0.3, -0.25) is 9.59 Å². The summed E-state index contributed by atoms with van der Waals surface area (Å²) in [7, 11) is 0. The van der Waals surface area contributed by atoms with Crippen molar-refractivity contribution in [1.29, 1.82) is 0 Å². The summed E-state index contributed by atoms with van der Waals surface area (Å²) in [6.07, 6.45) is 3.48. The Morgan fingerprint density at radius 3 is 2.35 bits per heavy atom. The third-order valence-corrected chi connectivity index (χ3v) is 3.49. The normalized spacial score (nSPS) is 15.6. The van der Waals surface area contributed by atoms with Crippen LogP contribution in [0.4, 0.5) is 0 Å². The van der Waals surface area contributed by atoms with E-state index in [1.54, 1.807) is 11.8 Å². The van der Waals surface area contributed by atoms with Gasteiger partial charge in [-0.05, 0) is 26.5 Å². The minimum atomic E-state index is -0.535. The molecule has 0 aliphatic carbocycles. The number of thioether (sulfide) groups is 1. The smallest absolute Gasteiger partial charge is 0.221 e. The van der Waals surface area contributed by atoms with Crippen LogP contribution in [0.25, 0.3) is 0 Å². The fourth-order valence-corrected chi connectivity index (χ4v) is 2.48. The highest BCUT2D eigenvalue weighted by atomic mass is 32.2. The van der Waals surface area contributed by atoms with Gasteiger partial charge in [-0.1, -0.05) is 12.5 Å². The monoisotopic (exact) mass is 258 g/mol. The second kappa shape index (κ2) is 7.37. The van der Waals surface area contributed by atoms with Crippen molar-refractivity contribution in [1.82, 2.24) is 10.6 Å². The van der Waals surface area contributed by atoms with Crippen LogP contribution in [0, 0.1) is 0 Å². The topological polar surface area (TPSA) is 58.2 Å². The summed E-state index contributed by atoms with van der Waals surface area (Å²) in [4.78, 5) is 22.0. The van der Waals surface area contributed by atoms with E-state index in [4.69, 9.17) is 0 Å². The highest BCUT2D eigenvalue weighted by Gasteiger charge is 2.30. The lowest BCUT2D eigenvalue weighted by Gasteiger charge is -2.33. The SMILES string of the molecule is CC/C(C)=C(/NC(C)=O)C(C)(CSC)NC=O. The molecule has 0 radical (unpaired) electrons. The van der Waals surface area contributed by atoms with Gasteiger partial charge in [-0.25, -0.2) is 0 Å². The lowest BCUT2D eigenvalue weighted by atomic mass is 9.95. The second-order valence-electron chi connectivity index (χ2n) is 4.22. The quantitative estimate of drug-likeness (QED) is 0.683. The molecule has 0 heterocycles. The first-order valence-electron chi connectivity index (χ1n) is 5.59. The zero-order valence-corrected chi connectivity index (χ0v) is 12.0. The van der Waals surface area contributed by atoms with Crippen LogP contribution in [-0.4, -0.2) is 29.9 Å². The molecule has 0 aromatic rings. The number of carbonyl (C=O) groups excluding carboxylic acids is 2. The number of hydrogen-bond donors (Lipinski definition) is 2. The molecule has 17 heavy (non-hydrogen) atoms. The lowest BCUT2D eigenvalue weighted by molar-refractivity contribution is -0.119. The summed E-state index contributed by atoms with van der Waals surface area (Å²) in [6.45, 7) is 7.39. The van der Waals surface area contributed by atoms with E-state index in [2.05, 4.69) is 10.6 Å². The molecule has 98 valence electrons. The van der Waals surface area contributed by atoms with E-state index in [0.717, 1.165) is 17.7 Å². The van der Waals surface area contributed by atoms with Crippen LogP contribution in [0.5, 0.6) is 0 Å². The minimum absolute atomic E-state index is 0.118. The number of hydrogen-bond acceptors (Lipinski definition) is 3. The molecule has 5 heteroatoms.